The van der Waals surface area contributed by atoms with Crippen LogP contribution in [0.4, 0.5) is 0 Å². The summed E-state index contributed by atoms with van der Waals surface area (Å²) in [5.41, 5.74) is 2.56. The fraction of sp³-hybridized carbons (Fsp3) is 0.250. The van der Waals surface area contributed by atoms with Gasteiger partial charge in [0.25, 0.3) is 0 Å². The van der Waals surface area contributed by atoms with Gasteiger partial charge in [-0.25, -0.2) is 0 Å². The first-order valence-electron chi connectivity index (χ1n) is 9.29. The Hall–Kier alpha value is -3.73. The van der Waals surface area contributed by atoms with Crippen LogP contribution < -0.4 is 0 Å². The standard InChI is InChI=1S/C9H10O2.C8H8O2.C8H8O.3CH4/c1-6-8(7(2)10)4-3-5-9(6)11;1-6(9)7-3-2-4-8(10)5-7;1-7(9)8-5-3-2-4-6-8;;;/h3-5,11H,1-2H3;2-5,10H,1H3;2-6H,1H3;3*1H4. The van der Waals surface area contributed by atoms with E-state index in [1.807, 2.05) is 30.3 Å². The molecule has 0 atom stereocenters. The quantitative estimate of drug-likeness (QED) is 0.405. The Bertz CT molecular complexity index is 1010. The molecule has 0 amide bonds. The number of Topliss-reactive ketones (excluding diaryl/α,β-unsaturated/α-hetero) is 3. The number of ketones is 3. The Balaban J connectivity index is -0.000000393. The van der Waals surface area contributed by atoms with Crippen molar-refractivity contribution in [3.63, 3.8) is 0 Å². The second kappa shape index (κ2) is 16.9. The van der Waals surface area contributed by atoms with Crippen LogP contribution in [0, 0.1) is 6.92 Å². The van der Waals surface area contributed by atoms with E-state index in [4.69, 9.17) is 5.11 Å². The van der Waals surface area contributed by atoms with Gasteiger partial charge in [0, 0.05) is 22.3 Å². The molecule has 3 rings (SSSR count). The molecule has 0 aromatic heterocycles. The lowest BCUT2D eigenvalue weighted by atomic mass is 10.1. The molecule has 3 aromatic carbocycles. The predicted molar refractivity (Wildman–Crippen MR) is 138 cm³/mol. The number of carbonyl (C=O) groups is 3. The van der Waals surface area contributed by atoms with Crippen LogP contribution in [0.2, 0.25) is 0 Å². The predicted octanol–water partition coefficient (Wildman–Crippen LogP) is 7.30. The second-order valence-corrected chi connectivity index (χ2v) is 6.53. The van der Waals surface area contributed by atoms with Gasteiger partial charge in [0.15, 0.2) is 17.3 Å². The van der Waals surface area contributed by atoms with Crippen LogP contribution in [0.3, 0.4) is 0 Å². The van der Waals surface area contributed by atoms with E-state index in [2.05, 4.69) is 0 Å². The molecule has 0 bridgehead atoms. The lowest BCUT2D eigenvalue weighted by molar-refractivity contribution is 0.100. The molecule has 0 saturated carbocycles. The van der Waals surface area contributed by atoms with Crippen LogP contribution in [0.5, 0.6) is 11.5 Å². The number of phenols is 2. The first-order valence-corrected chi connectivity index (χ1v) is 9.29. The van der Waals surface area contributed by atoms with Crippen molar-refractivity contribution in [2.75, 3.05) is 0 Å². The highest BCUT2D eigenvalue weighted by Crippen LogP contribution is 2.19. The van der Waals surface area contributed by atoms with E-state index in [0.717, 1.165) is 5.56 Å². The number of benzene rings is 3. The molecule has 0 spiro atoms. The van der Waals surface area contributed by atoms with Crippen LogP contribution >= 0.6 is 0 Å². The number of carbonyl (C=O) groups excluding carboxylic acids is 3. The van der Waals surface area contributed by atoms with E-state index in [9.17, 15) is 19.5 Å². The molecule has 5 heteroatoms. The van der Waals surface area contributed by atoms with Crippen molar-refractivity contribution in [3.05, 3.63) is 95.1 Å². The topological polar surface area (TPSA) is 91.7 Å². The summed E-state index contributed by atoms with van der Waals surface area (Å²) in [7, 11) is 0. The Morgan fingerprint density at radius 2 is 1.09 bits per heavy atom. The highest BCUT2D eigenvalue weighted by atomic mass is 16.3. The minimum atomic E-state index is -0.0316. The molecule has 5 nitrogen and oxygen atoms in total. The lowest BCUT2D eigenvalue weighted by Crippen LogP contribution is -1.94. The molecule has 2 N–H and O–H groups in total. The van der Waals surface area contributed by atoms with E-state index in [0.29, 0.717) is 16.7 Å². The molecule has 0 saturated heterocycles. The zero-order chi connectivity index (χ0) is 22.7. The van der Waals surface area contributed by atoms with Crippen molar-refractivity contribution in [2.45, 2.75) is 50.0 Å². The first-order chi connectivity index (χ1) is 14.1. The Morgan fingerprint density at radius 1 is 0.606 bits per heavy atom. The van der Waals surface area contributed by atoms with Crippen molar-refractivity contribution in [2.24, 2.45) is 0 Å². The Kier molecular flexibility index (Phi) is 17.4. The molecule has 0 unspecified atom stereocenters. The Labute approximate surface area is 198 Å². The highest BCUT2D eigenvalue weighted by molar-refractivity contribution is 5.96. The summed E-state index contributed by atoms with van der Waals surface area (Å²) >= 11 is 0. The molecule has 0 heterocycles. The van der Waals surface area contributed by atoms with Crippen LogP contribution in [0.15, 0.2) is 72.8 Å². The number of rotatable bonds is 3. The van der Waals surface area contributed by atoms with Crippen molar-refractivity contribution >= 4 is 17.3 Å². The summed E-state index contributed by atoms with van der Waals surface area (Å²) in [6, 6.07) is 20.5. The first kappa shape index (κ1) is 33.9. The van der Waals surface area contributed by atoms with Crippen molar-refractivity contribution in [1.82, 2.24) is 0 Å². The largest absolute Gasteiger partial charge is 0.508 e. The van der Waals surface area contributed by atoms with E-state index >= 15 is 0 Å². The van der Waals surface area contributed by atoms with Crippen LogP contribution in [0.1, 0.15) is 79.7 Å². The van der Waals surface area contributed by atoms with Gasteiger partial charge in [-0.1, -0.05) is 76.9 Å². The summed E-state index contributed by atoms with van der Waals surface area (Å²) in [6.45, 7) is 6.25. The summed E-state index contributed by atoms with van der Waals surface area (Å²) < 4.78 is 0. The third-order valence-corrected chi connectivity index (χ3v) is 4.12. The molecule has 0 radical (unpaired) electrons. The molecule has 180 valence electrons. The zero-order valence-electron chi connectivity index (χ0n) is 17.5. The third kappa shape index (κ3) is 12.0. The minimum absolute atomic E-state index is 0. The van der Waals surface area contributed by atoms with Gasteiger partial charge in [-0.2, -0.15) is 0 Å². The molecule has 3 aromatic rings. The molecule has 33 heavy (non-hydrogen) atoms. The van der Waals surface area contributed by atoms with E-state index < -0.39 is 0 Å². The molecular weight excluding hydrogens is 416 g/mol. The van der Waals surface area contributed by atoms with Gasteiger partial charge in [-0.3, -0.25) is 14.4 Å². The number of hydrogen-bond acceptors (Lipinski definition) is 5. The molecular formula is C28H38O5. The smallest absolute Gasteiger partial charge is 0.160 e. The fourth-order valence-electron chi connectivity index (χ4n) is 2.40. The maximum atomic E-state index is 10.9. The molecule has 0 aliphatic rings. The summed E-state index contributed by atoms with van der Waals surface area (Å²) in [6.07, 6.45) is 0. The van der Waals surface area contributed by atoms with Crippen molar-refractivity contribution in [3.8, 4) is 11.5 Å². The van der Waals surface area contributed by atoms with E-state index in [1.165, 1.54) is 26.0 Å². The fourth-order valence-corrected chi connectivity index (χ4v) is 2.40. The van der Waals surface area contributed by atoms with Gasteiger partial charge in [0.05, 0.1) is 0 Å². The van der Waals surface area contributed by atoms with Gasteiger partial charge in [-0.05, 0) is 45.9 Å². The van der Waals surface area contributed by atoms with Crippen LogP contribution in [-0.2, 0) is 0 Å². The van der Waals surface area contributed by atoms with Gasteiger partial charge < -0.3 is 10.2 Å². The van der Waals surface area contributed by atoms with Crippen LogP contribution in [0.25, 0.3) is 0 Å². The summed E-state index contributed by atoms with van der Waals surface area (Å²) in [5, 5.41) is 18.1. The Morgan fingerprint density at radius 3 is 1.45 bits per heavy atom. The zero-order valence-corrected chi connectivity index (χ0v) is 17.5. The maximum Gasteiger partial charge on any atom is 0.160 e. The highest BCUT2D eigenvalue weighted by Gasteiger charge is 2.05. The monoisotopic (exact) mass is 454 g/mol. The molecule has 0 fully saturated rings. The number of phenolic OH excluding ortho intramolecular Hbond substituents is 2. The molecule has 0 aliphatic carbocycles. The third-order valence-electron chi connectivity index (χ3n) is 4.12. The van der Waals surface area contributed by atoms with E-state index in [1.54, 1.807) is 44.2 Å². The number of hydrogen-bond donors (Lipinski definition) is 2. The lowest BCUT2D eigenvalue weighted by Gasteiger charge is -2.02. The SMILES string of the molecule is C.C.C.CC(=O)c1cccc(O)c1.CC(=O)c1cccc(O)c1C.CC(=O)c1ccccc1. The average molecular weight is 455 g/mol. The van der Waals surface area contributed by atoms with Gasteiger partial charge in [0.2, 0.25) is 0 Å². The summed E-state index contributed by atoms with van der Waals surface area (Å²) in [4.78, 5) is 32.2. The van der Waals surface area contributed by atoms with E-state index in [-0.39, 0.29) is 51.1 Å². The van der Waals surface area contributed by atoms with Crippen LogP contribution in [-0.4, -0.2) is 27.6 Å². The van der Waals surface area contributed by atoms with Crippen molar-refractivity contribution < 1.29 is 24.6 Å². The summed E-state index contributed by atoms with van der Waals surface area (Å²) in [5.74, 6) is 0.385. The minimum Gasteiger partial charge on any atom is -0.508 e. The normalized spacial score (nSPS) is 8.48. The van der Waals surface area contributed by atoms with Gasteiger partial charge in [0.1, 0.15) is 11.5 Å². The van der Waals surface area contributed by atoms with Gasteiger partial charge in [-0.15, -0.1) is 0 Å². The van der Waals surface area contributed by atoms with Crippen molar-refractivity contribution in [1.29, 1.82) is 0 Å². The molecule has 0 aliphatic heterocycles. The van der Waals surface area contributed by atoms with Gasteiger partial charge >= 0.3 is 0 Å². The number of aromatic hydroxyl groups is 2. The average Bonchev–Trinajstić information content (AvgIpc) is 2.71. The second-order valence-electron chi connectivity index (χ2n) is 6.53. The maximum absolute atomic E-state index is 10.9.